The van der Waals surface area contributed by atoms with Crippen LogP contribution in [-0.2, 0) is 11.2 Å². The number of benzene rings is 2. The van der Waals surface area contributed by atoms with Gasteiger partial charge in [0.05, 0.1) is 11.6 Å². The first-order chi connectivity index (χ1) is 13.5. The first-order valence-electron chi connectivity index (χ1n) is 9.47. The molecule has 1 unspecified atom stereocenters. The van der Waals surface area contributed by atoms with Gasteiger partial charge in [-0.15, -0.1) is 0 Å². The van der Waals surface area contributed by atoms with Gasteiger partial charge in [-0.3, -0.25) is 9.59 Å². The number of aromatic nitrogens is 1. The molecule has 6 heteroatoms. The number of amides is 2. The lowest BCUT2D eigenvalue weighted by Gasteiger charge is -2.44. The zero-order valence-corrected chi connectivity index (χ0v) is 15.5. The molecule has 1 saturated heterocycles. The Morgan fingerprint density at radius 2 is 2.04 bits per heavy atom. The van der Waals surface area contributed by atoms with Crippen LogP contribution in [-0.4, -0.2) is 46.2 Å². The number of piperazine rings is 1. The highest BCUT2D eigenvalue weighted by atomic mass is 19.1. The molecule has 142 valence electrons. The van der Waals surface area contributed by atoms with Crippen LogP contribution in [0.15, 0.2) is 42.5 Å². The van der Waals surface area contributed by atoms with E-state index < -0.39 is 0 Å². The molecule has 3 aromatic rings. The Bertz CT molecular complexity index is 1120. The Hall–Kier alpha value is -3.15. The molecule has 0 spiro atoms. The maximum Gasteiger partial charge on any atom is 0.256 e. The van der Waals surface area contributed by atoms with Gasteiger partial charge in [0.25, 0.3) is 5.91 Å². The van der Waals surface area contributed by atoms with Gasteiger partial charge >= 0.3 is 0 Å². The minimum Gasteiger partial charge on any atom is -0.358 e. The molecule has 5 nitrogen and oxygen atoms in total. The molecule has 0 bridgehead atoms. The van der Waals surface area contributed by atoms with Gasteiger partial charge < -0.3 is 14.8 Å². The molecular formula is C22H20FN3O2. The summed E-state index contributed by atoms with van der Waals surface area (Å²) in [5.41, 5.74) is 4.19. The van der Waals surface area contributed by atoms with Gasteiger partial charge in [0, 0.05) is 29.7 Å². The summed E-state index contributed by atoms with van der Waals surface area (Å²) in [6.07, 6.45) is 0.840. The van der Waals surface area contributed by atoms with Crippen LogP contribution in [0.1, 0.15) is 33.2 Å². The molecular weight excluding hydrogens is 357 g/mol. The maximum absolute atomic E-state index is 13.8. The van der Waals surface area contributed by atoms with E-state index in [0.29, 0.717) is 29.7 Å². The molecule has 2 amide bonds. The van der Waals surface area contributed by atoms with E-state index in [9.17, 15) is 14.0 Å². The highest BCUT2D eigenvalue weighted by Gasteiger charge is 2.39. The van der Waals surface area contributed by atoms with E-state index in [1.165, 1.54) is 17.7 Å². The molecule has 2 aliphatic rings. The Morgan fingerprint density at radius 1 is 1.21 bits per heavy atom. The van der Waals surface area contributed by atoms with Crippen molar-refractivity contribution in [2.45, 2.75) is 19.4 Å². The van der Waals surface area contributed by atoms with Crippen LogP contribution in [0, 0.1) is 12.7 Å². The molecule has 0 radical (unpaired) electrons. The fourth-order valence-electron chi connectivity index (χ4n) is 4.56. The molecule has 5 rings (SSSR count). The fourth-order valence-corrected chi connectivity index (χ4v) is 4.56. The highest BCUT2D eigenvalue weighted by Crippen LogP contribution is 2.34. The largest absolute Gasteiger partial charge is 0.358 e. The molecule has 2 aliphatic heterocycles. The molecule has 1 N–H and O–H groups in total. The number of aromatic amines is 1. The van der Waals surface area contributed by atoms with Crippen molar-refractivity contribution in [2.24, 2.45) is 0 Å². The van der Waals surface area contributed by atoms with Crippen LogP contribution in [0.3, 0.4) is 0 Å². The van der Waals surface area contributed by atoms with Crippen LogP contribution in [0.4, 0.5) is 4.39 Å². The van der Waals surface area contributed by atoms with Gasteiger partial charge in [-0.1, -0.05) is 24.3 Å². The van der Waals surface area contributed by atoms with Gasteiger partial charge in [-0.2, -0.15) is 0 Å². The number of fused-ring (bicyclic) bond motifs is 4. The van der Waals surface area contributed by atoms with E-state index in [2.05, 4.69) is 11.1 Å². The van der Waals surface area contributed by atoms with E-state index in [4.69, 9.17) is 0 Å². The first-order valence-corrected chi connectivity index (χ1v) is 9.47. The SMILES string of the molecule is Cc1[nH]c2ccc(F)cc2c1C(=O)N1CC(=O)N2CCc3ccccc3C2C1. The van der Waals surface area contributed by atoms with E-state index in [1.807, 2.05) is 23.1 Å². The minimum atomic E-state index is -0.386. The predicted octanol–water partition coefficient (Wildman–Crippen LogP) is 3.20. The Kier molecular flexibility index (Phi) is 3.75. The van der Waals surface area contributed by atoms with Crippen molar-refractivity contribution in [3.05, 3.63) is 70.7 Å². The summed E-state index contributed by atoms with van der Waals surface area (Å²) in [6, 6.07) is 12.4. The monoisotopic (exact) mass is 377 g/mol. The summed E-state index contributed by atoms with van der Waals surface area (Å²) in [7, 11) is 0. The third kappa shape index (κ3) is 2.52. The Balaban J connectivity index is 1.53. The van der Waals surface area contributed by atoms with Crippen molar-refractivity contribution >= 4 is 22.7 Å². The quantitative estimate of drug-likeness (QED) is 0.708. The van der Waals surface area contributed by atoms with Gasteiger partial charge in [-0.05, 0) is 42.7 Å². The summed E-state index contributed by atoms with van der Waals surface area (Å²) in [4.78, 5) is 32.8. The molecule has 1 atom stereocenters. The van der Waals surface area contributed by atoms with Crippen molar-refractivity contribution in [3.8, 4) is 0 Å². The molecule has 1 aromatic heterocycles. The lowest BCUT2D eigenvalue weighted by Crippen LogP contribution is -2.55. The lowest BCUT2D eigenvalue weighted by molar-refractivity contribution is -0.139. The number of nitrogens with one attached hydrogen (secondary N) is 1. The summed E-state index contributed by atoms with van der Waals surface area (Å²) >= 11 is 0. The second-order valence-electron chi connectivity index (χ2n) is 7.55. The highest BCUT2D eigenvalue weighted by molar-refractivity contribution is 6.09. The fraction of sp³-hybridized carbons (Fsp3) is 0.273. The van der Waals surface area contributed by atoms with Crippen LogP contribution in [0.25, 0.3) is 10.9 Å². The third-order valence-corrected chi connectivity index (χ3v) is 5.90. The number of halogens is 1. The van der Waals surface area contributed by atoms with Crippen molar-refractivity contribution in [2.75, 3.05) is 19.6 Å². The number of carbonyl (C=O) groups excluding carboxylic acids is 2. The number of hydrogen-bond donors (Lipinski definition) is 1. The molecule has 0 saturated carbocycles. The molecule has 28 heavy (non-hydrogen) atoms. The zero-order valence-electron chi connectivity index (χ0n) is 15.5. The van der Waals surface area contributed by atoms with Crippen LogP contribution in [0.2, 0.25) is 0 Å². The summed E-state index contributed by atoms with van der Waals surface area (Å²) in [5.74, 6) is -0.657. The lowest BCUT2D eigenvalue weighted by atomic mass is 9.90. The number of H-pyrrole nitrogens is 1. The van der Waals surface area contributed by atoms with Gasteiger partial charge in [0.15, 0.2) is 0 Å². The topological polar surface area (TPSA) is 56.4 Å². The van der Waals surface area contributed by atoms with Crippen LogP contribution in [0.5, 0.6) is 0 Å². The normalized spacial score (nSPS) is 18.9. The van der Waals surface area contributed by atoms with E-state index >= 15 is 0 Å². The number of rotatable bonds is 1. The van der Waals surface area contributed by atoms with E-state index in [1.54, 1.807) is 17.9 Å². The Labute approximate surface area is 161 Å². The molecule has 3 heterocycles. The van der Waals surface area contributed by atoms with Gasteiger partial charge in [0.1, 0.15) is 12.4 Å². The van der Waals surface area contributed by atoms with Crippen molar-refractivity contribution in [1.29, 1.82) is 0 Å². The summed E-state index contributed by atoms with van der Waals surface area (Å²) in [6.45, 7) is 2.99. The smallest absolute Gasteiger partial charge is 0.256 e. The molecule has 1 fully saturated rings. The summed E-state index contributed by atoms with van der Waals surface area (Å²) in [5, 5.41) is 0.557. The van der Waals surface area contributed by atoms with Crippen molar-refractivity contribution in [3.63, 3.8) is 0 Å². The van der Waals surface area contributed by atoms with Crippen molar-refractivity contribution < 1.29 is 14.0 Å². The van der Waals surface area contributed by atoms with Gasteiger partial charge in [0.2, 0.25) is 5.91 Å². The van der Waals surface area contributed by atoms with Crippen LogP contribution >= 0.6 is 0 Å². The molecule has 2 aromatic carbocycles. The van der Waals surface area contributed by atoms with Crippen LogP contribution < -0.4 is 0 Å². The van der Waals surface area contributed by atoms with E-state index in [-0.39, 0.29) is 30.2 Å². The first kappa shape index (κ1) is 17.0. The van der Waals surface area contributed by atoms with E-state index in [0.717, 1.165) is 17.5 Å². The standard InChI is InChI=1S/C22H20FN3O2/c1-13-21(17-10-15(23)6-7-18(17)24-13)22(28)25-11-19-16-5-3-2-4-14(16)8-9-26(19)20(27)12-25/h2-7,10,19,24H,8-9,11-12H2,1H3. The summed E-state index contributed by atoms with van der Waals surface area (Å²) < 4.78 is 13.8. The number of carbonyl (C=O) groups is 2. The van der Waals surface area contributed by atoms with Crippen molar-refractivity contribution in [1.82, 2.24) is 14.8 Å². The average molecular weight is 377 g/mol. The second kappa shape index (κ2) is 6.19. The number of aryl methyl sites for hydroxylation is 1. The number of nitrogens with zero attached hydrogens (tertiary/aromatic N) is 2. The number of hydrogen-bond acceptors (Lipinski definition) is 2. The minimum absolute atomic E-state index is 0.0391. The average Bonchev–Trinajstić information content (AvgIpc) is 3.02. The maximum atomic E-state index is 13.8. The zero-order chi connectivity index (χ0) is 19.4. The van der Waals surface area contributed by atoms with Gasteiger partial charge in [-0.25, -0.2) is 4.39 Å². The Morgan fingerprint density at radius 3 is 2.89 bits per heavy atom. The third-order valence-electron chi connectivity index (χ3n) is 5.90. The molecule has 0 aliphatic carbocycles. The second-order valence-corrected chi connectivity index (χ2v) is 7.55. The predicted molar refractivity (Wildman–Crippen MR) is 103 cm³/mol.